The van der Waals surface area contributed by atoms with Gasteiger partial charge in [0, 0.05) is 17.5 Å². The summed E-state index contributed by atoms with van der Waals surface area (Å²) in [7, 11) is 1.86. The summed E-state index contributed by atoms with van der Waals surface area (Å²) >= 11 is 1.36. The van der Waals surface area contributed by atoms with Gasteiger partial charge in [0.15, 0.2) is 5.16 Å². The fourth-order valence-corrected chi connectivity index (χ4v) is 2.27. The molecule has 90 valence electrons. The number of benzene rings is 1. The van der Waals surface area contributed by atoms with Crippen LogP contribution in [0.4, 0.5) is 0 Å². The summed E-state index contributed by atoms with van der Waals surface area (Å²) in [5.74, 6) is 0.806. The van der Waals surface area contributed by atoms with Crippen molar-refractivity contribution < 1.29 is 4.79 Å². The SMILES string of the molecule is Cc1nnc(Sc2ccc(C=O)cc2C#N)n1C. The monoisotopic (exact) mass is 258 g/mol. The van der Waals surface area contributed by atoms with Gasteiger partial charge in [-0.15, -0.1) is 10.2 Å². The fourth-order valence-electron chi connectivity index (χ4n) is 1.37. The Labute approximate surface area is 108 Å². The highest BCUT2D eigenvalue weighted by Gasteiger charge is 2.10. The molecular formula is C12H10N4OS. The first-order valence-electron chi connectivity index (χ1n) is 5.19. The number of carbonyl (C=O) groups is 1. The van der Waals surface area contributed by atoms with Crippen LogP contribution >= 0.6 is 11.8 Å². The second-order valence-electron chi connectivity index (χ2n) is 3.68. The maximum atomic E-state index is 10.7. The highest BCUT2D eigenvalue weighted by atomic mass is 32.2. The van der Waals surface area contributed by atoms with Crippen LogP contribution in [0.3, 0.4) is 0 Å². The predicted octanol–water partition coefficient (Wildman–Crippen LogP) is 1.96. The molecular weight excluding hydrogens is 248 g/mol. The second-order valence-corrected chi connectivity index (χ2v) is 4.69. The molecule has 0 amide bonds. The molecule has 18 heavy (non-hydrogen) atoms. The fraction of sp³-hybridized carbons (Fsp3) is 0.167. The molecule has 1 heterocycles. The lowest BCUT2D eigenvalue weighted by Gasteiger charge is -2.04. The summed E-state index contributed by atoms with van der Waals surface area (Å²) in [4.78, 5) is 11.4. The maximum Gasteiger partial charge on any atom is 0.195 e. The van der Waals surface area contributed by atoms with Gasteiger partial charge in [0.2, 0.25) is 0 Å². The lowest BCUT2D eigenvalue weighted by molar-refractivity contribution is 0.112. The van der Waals surface area contributed by atoms with E-state index in [1.807, 2.05) is 18.5 Å². The molecule has 0 aliphatic rings. The van der Waals surface area contributed by atoms with Crippen molar-refractivity contribution in [2.24, 2.45) is 7.05 Å². The third-order valence-corrected chi connectivity index (χ3v) is 3.63. The number of hydrogen-bond donors (Lipinski definition) is 0. The Hall–Kier alpha value is -2.13. The summed E-state index contributed by atoms with van der Waals surface area (Å²) in [6.07, 6.45) is 0.724. The first kappa shape index (κ1) is 12.3. The van der Waals surface area contributed by atoms with Gasteiger partial charge in [0.1, 0.15) is 18.2 Å². The van der Waals surface area contributed by atoms with Crippen molar-refractivity contribution in [3.05, 3.63) is 35.2 Å². The first-order valence-corrected chi connectivity index (χ1v) is 6.00. The van der Waals surface area contributed by atoms with E-state index in [-0.39, 0.29) is 0 Å². The van der Waals surface area contributed by atoms with E-state index in [1.54, 1.807) is 18.2 Å². The molecule has 0 aliphatic heterocycles. The van der Waals surface area contributed by atoms with Crippen LogP contribution < -0.4 is 0 Å². The van der Waals surface area contributed by atoms with Crippen LogP contribution in [0.2, 0.25) is 0 Å². The van der Waals surface area contributed by atoms with Gasteiger partial charge in [-0.05, 0) is 30.8 Å². The molecule has 0 spiro atoms. The molecule has 5 nitrogen and oxygen atoms in total. The Morgan fingerprint density at radius 2 is 2.22 bits per heavy atom. The van der Waals surface area contributed by atoms with Crippen LogP contribution in [0.15, 0.2) is 28.3 Å². The van der Waals surface area contributed by atoms with E-state index in [0.29, 0.717) is 16.3 Å². The molecule has 0 atom stereocenters. The molecule has 0 fully saturated rings. The van der Waals surface area contributed by atoms with Crippen LogP contribution in [0.5, 0.6) is 0 Å². The topological polar surface area (TPSA) is 71.6 Å². The van der Waals surface area contributed by atoms with Crippen molar-refractivity contribution in [1.82, 2.24) is 14.8 Å². The van der Waals surface area contributed by atoms with Crippen molar-refractivity contribution in [1.29, 1.82) is 5.26 Å². The quantitative estimate of drug-likeness (QED) is 0.787. The number of hydrogen-bond acceptors (Lipinski definition) is 5. The molecule has 0 unspecified atom stereocenters. The first-order chi connectivity index (χ1) is 8.65. The lowest BCUT2D eigenvalue weighted by Crippen LogP contribution is -1.94. The van der Waals surface area contributed by atoms with Crippen LogP contribution in [-0.2, 0) is 7.05 Å². The third kappa shape index (κ3) is 2.26. The van der Waals surface area contributed by atoms with E-state index in [2.05, 4.69) is 16.3 Å². The Kier molecular flexibility index (Phi) is 3.44. The van der Waals surface area contributed by atoms with Gasteiger partial charge in [0.25, 0.3) is 0 Å². The Balaban J connectivity index is 2.38. The number of aryl methyl sites for hydroxylation is 1. The van der Waals surface area contributed by atoms with Crippen molar-refractivity contribution in [3.63, 3.8) is 0 Å². The van der Waals surface area contributed by atoms with Crippen molar-refractivity contribution in [3.8, 4) is 6.07 Å². The minimum atomic E-state index is 0.463. The molecule has 0 bridgehead atoms. The predicted molar refractivity (Wildman–Crippen MR) is 66.4 cm³/mol. The van der Waals surface area contributed by atoms with E-state index >= 15 is 0 Å². The van der Waals surface area contributed by atoms with E-state index < -0.39 is 0 Å². The van der Waals surface area contributed by atoms with Gasteiger partial charge >= 0.3 is 0 Å². The number of carbonyl (C=O) groups excluding carboxylic acids is 1. The Morgan fingerprint density at radius 1 is 1.44 bits per heavy atom. The lowest BCUT2D eigenvalue weighted by atomic mass is 10.1. The molecule has 2 aromatic rings. The zero-order chi connectivity index (χ0) is 13.1. The number of aldehydes is 1. The third-order valence-electron chi connectivity index (χ3n) is 2.51. The summed E-state index contributed by atoms with van der Waals surface area (Å²) in [5, 5.41) is 17.8. The standard InChI is InChI=1S/C12H10N4OS/c1-8-14-15-12(16(8)2)18-11-4-3-9(7-17)5-10(11)6-13/h3-5,7H,1-2H3. The van der Waals surface area contributed by atoms with E-state index in [0.717, 1.165) is 17.0 Å². The second kappa shape index (κ2) is 5.02. The molecule has 0 saturated heterocycles. The van der Waals surface area contributed by atoms with Gasteiger partial charge in [-0.2, -0.15) is 5.26 Å². The van der Waals surface area contributed by atoms with Gasteiger partial charge in [-0.3, -0.25) is 4.79 Å². The van der Waals surface area contributed by atoms with E-state index in [9.17, 15) is 4.79 Å². The zero-order valence-electron chi connectivity index (χ0n) is 9.91. The largest absolute Gasteiger partial charge is 0.309 e. The number of rotatable bonds is 3. The van der Waals surface area contributed by atoms with Crippen molar-refractivity contribution >= 4 is 18.0 Å². The Bertz CT molecular complexity index is 642. The minimum Gasteiger partial charge on any atom is -0.309 e. The molecule has 0 aliphatic carbocycles. The molecule has 2 rings (SSSR count). The Morgan fingerprint density at radius 3 is 2.78 bits per heavy atom. The van der Waals surface area contributed by atoms with E-state index in [1.165, 1.54) is 11.8 Å². The van der Waals surface area contributed by atoms with Crippen LogP contribution in [0, 0.1) is 18.3 Å². The van der Waals surface area contributed by atoms with Gasteiger partial charge < -0.3 is 4.57 Å². The highest BCUT2D eigenvalue weighted by molar-refractivity contribution is 7.99. The molecule has 0 saturated carbocycles. The van der Waals surface area contributed by atoms with Gasteiger partial charge in [-0.25, -0.2) is 0 Å². The minimum absolute atomic E-state index is 0.463. The van der Waals surface area contributed by atoms with Crippen molar-refractivity contribution in [2.45, 2.75) is 17.0 Å². The number of nitriles is 1. The maximum absolute atomic E-state index is 10.7. The zero-order valence-corrected chi connectivity index (χ0v) is 10.7. The van der Waals surface area contributed by atoms with Crippen LogP contribution in [0.25, 0.3) is 0 Å². The molecule has 0 radical (unpaired) electrons. The molecule has 1 aromatic carbocycles. The average Bonchev–Trinajstić information content (AvgIpc) is 2.71. The van der Waals surface area contributed by atoms with Crippen LogP contribution in [-0.4, -0.2) is 21.1 Å². The molecule has 1 aromatic heterocycles. The van der Waals surface area contributed by atoms with Gasteiger partial charge in [0.05, 0.1) is 5.56 Å². The molecule has 0 N–H and O–H groups in total. The average molecular weight is 258 g/mol. The summed E-state index contributed by atoms with van der Waals surface area (Å²) in [5.41, 5.74) is 0.954. The summed E-state index contributed by atoms with van der Waals surface area (Å²) in [6.45, 7) is 1.86. The van der Waals surface area contributed by atoms with Crippen molar-refractivity contribution in [2.75, 3.05) is 0 Å². The summed E-state index contributed by atoms with van der Waals surface area (Å²) < 4.78 is 1.85. The van der Waals surface area contributed by atoms with Gasteiger partial charge in [-0.1, -0.05) is 6.07 Å². The summed E-state index contributed by atoms with van der Waals surface area (Å²) in [6, 6.07) is 7.07. The van der Waals surface area contributed by atoms with E-state index in [4.69, 9.17) is 5.26 Å². The molecule has 6 heteroatoms. The smallest absolute Gasteiger partial charge is 0.195 e. The number of nitrogens with zero attached hydrogens (tertiary/aromatic N) is 4. The normalized spacial score (nSPS) is 10.1. The van der Waals surface area contributed by atoms with Crippen LogP contribution in [0.1, 0.15) is 21.7 Å². The number of aromatic nitrogens is 3. The highest BCUT2D eigenvalue weighted by Crippen LogP contribution is 2.29.